The van der Waals surface area contributed by atoms with Crippen LogP contribution in [0.5, 0.6) is 5.75 Å². The SMILES string of the molecule is CCCC(=O)Nc1ccc(NC(=O)C(CC)N2CCCC2)cc1OC. The van der Waals surface area contributed by atoms with Gasteiger partial charge in [0.15, 0.2) is 0 Å². The fraction of sp³-hybridized carbons (Fsp3) is 0.579. The van der Waals surface area contributed by atoms with Gasteiger partial charge in [0.1, 0.15) is 5.75 Å². The summed E-state index contributed by atoms with van der Waals surface area (Å²) in [6, 6.07) is 5.20. The molecular formula is C19H29N3O3. The van der Waals surface area contributed by atoms with E-state index in [4.69, 9.17) is 4.74 Å². The van der Waals surface area contributed by atoms with Crippen LogP contribution >= 0.6 is 0 Å². The van der Waals surface area contributed by atoms with E-state index in [1.54, 1.807) is 25.3 Å². The highest BCUT2D eigenvalue weighted by Gasteiger charge is 2.26. The van der Waals surface area contributed by atoms with Gasteiger partial charge in [-0.05, 0) is 50.9 Å². The minimum Gasteiger partial charge on any atom is -0.494 e. The first-order valence-corrected chi connectivity index (χ1v) is 9.11. The van der Waals surface area contributed by atoms with Crippen LogP contribution in [0.2, 0.25) is 0 Å². The van der Waals surface area contributed by atoms with E-state index in [0.29, 0.717) is 23.5 Å². The number of carbonyl (C=O) groups is 2. The lowest BCUT2D eigenvalue weighted by molar-refractivity contribution is -0.121. The topological polar surface area (TPSA) is 70.7 Å². The van der Waals surface area contributed by atoms with Gasteiger partial charge in [-0.3, -0.25) is 14.5 Å². The van der Waals surface area contributed by atoms with Crippen molar-refractivity contribution in [3.05, 3.63) is 18.2 Å². The zero-order chi connectivity index (χ0) is 18.2. The van der Waals surface area contributed by atoms with Crippen molar-refractivity contribution < 1.29 is 14.3 Å². The van der Waals surface area contributed by atoms with Crippen molar-refractivity contribution in [3.8, 4) is 5.75 Å². The number of nitrogens with one attached hydrogen (secondary N) is 2. The quantitative estimate of drug-likeness (QED) is 0.757. The predicted octanol–water partition coefficient (Wildman–Crippen LogP) is 3.25. The van der Waals surface area contributed by atoms with E-state index in [0.717, 1.165) is 38.8 Å². The molecule has 0 spiro atoms. The monoisotopic (exact) mass is 347 g/mol. The highest BCUT2D eigenvalue weighted by atomic mass is 16.5. The molecule has 138 valence electrons. The number of nitrogens with zero attached hydrogens (tertiary/aromatic N) is 1. The Morgan fingerprint density at radius 3 is 2.52 bits per heavy atom. The molecule has 6 nitrogen and oxygen atoms in total. The molecule has 0 bridgehead atoms. The molecule has 6 heteroatoms. The second-order valence-electron chi connectivity index (χ2n) is 6.37. The molecule has 25 heavy (non-hydrogen) atoms. The zero-order valence-corrected chi connectivity index (χ0v) is 15.4. The van der Waals surface area contributed by atoms with Gasteiger partial charge in [0.05, 0.1) is 18.8 Å². The Hall–Kier alpha value is -2.08. The van der Waals surface area contributed by atoms with Gasteiger partial charge >= 0.3 is 0 Å². The number of likely N-dealkylation sites (tertiary alicyclic amines) is 1. The van der Waals surface area contributed by atoms with Crippen molar-refractivity contribution in [2.75, 3.05) is 30.8 Å². The largest absolute Gasteiger partial charge is 0.494 e. The van der Waals surface area contributed by atoms with Crippen LogP contribution in [-0.4, -0.2) is 43.0 Å². The maximum absolute atomic E-state index is 12.6. The normalized spacial score (nSPS) is 15.6. The van der Waals surface area contributed by atoms with Crippen LogP contribution in [0, 0.1) is 0 Å². The second-order valence-corrected chi connectivity index (χ2v) is 6.37. The molecule has 1 atom stereocenters. The van der Waals surface area contributed by atoms with E-state index in [1.807, 2.05) is 13.8 Å². The summed E-state index contributed by atoms with van der Waals surface area (Å²) in [4.78, 5) is 26.6. The van der Waals surface area contributed by atoms with Gasteiger partial charge < -0.3 is 15.4 Å². The van der Waals surface area contributed by atoms with Gasteiger partial charge in [0, 0.05) is 18.2 Å². The third-order valence-electron chi connectivity index (χ3n) is 4.49. The maximum Gasteiger partial charge on any atom is 0.241 e. The van der Waals surface area contributed by atoms with Crippen LogP contribution in [0.25, 0.3) is 0 Å². The minimum atomic E-state index is -0.0996. The van der Waals surface area contributed by atoms with E-state index in [9.17, 15) is 9.59 Å². The van der Waals surface area contributed by atoms with E-state index in [-0.39, 0.29) is 17.9 Å². The van der Waals surface area contributed by atoms with Crippen molar-refractivity contribution in [1.82, 2.24) is 4.90 Å². The molecule has 0 radical (unpaired) electrons. The van der Waals surface area contributed by atoms with Gasteiger partial charge in [0.2, 0.25) is 11.8 Å². The molecule has 0 aliphatic carbocycles. The fourth-order valence-corrected chi connectivity index (χ4v) is 3.20. The second kappa shape index (κ2) is 9.42. The summed E-state index contributed by atoms with van der Waals surface area (Å²) in [6.07, 6.45) is 4.36. The summed E-state index contributed by atoms with van der Waals surface area (Å²) in [5.41, 5.74) is 1.29. The smallest absolute Gasteiger partial charge is 0.241 e. The van der Waals surface area contributed by atoms with Crippen molar-refractivity contribution in [2.24, 2.45) is 0 Å². The first-order chi connectivity index (χ1) is 12.1. The molecule has 0 saturated carbocycles. The number of hydrogen-bond donors (Lipinski definition) is 2. The van der Waals surface area contributed by atoms with E-state index < -0.39 is 0 Å². The Balaban J connectivity index is 2.06. The van der Waals surface area contributed by atoms with Crippen molar-refractivity contribution >= 4 is 23.2 Å². The zero-order valence-electron chi connectivity index (χ0n) is 15.4. The molecule has 2 amide bonds. The molecule has 1 aromatic rings. The van der Waals surface area contributed by atoms with E-state index in [1.165, 1.54) is 0 Å². The molecule has 1 aromatic carbocycles. The standard InChI is InChI=1S/C19H29N3O3/c1-4-8-18(23)21-15-10-9-14(13-17(15)25-3)20-19(24)16(5-2)22-11-6-7-12-22/h9-10,13,16H,4-8,11-12H2,1-3H3,(H,20,24)(H,21,23). The molecule has 2 rings (SSSR count). The van der Waals surface area contributed by atoms with Gasteiger partial charge in [-0.15, -0.1) is 0 Å². The number of anilines is 2. The van der Waals surface area contributed by atoms with Crippen molar-refractivity contribution in [2.45, 2.75) is 52.0 Å². The number of hydrogen-bond acceptors (Lipinski definition) is 4. The van der Waals surface area contributed by atoms with Crippen LogP contribution in [0.15, 0.2) is 18.2 Å². The molecule has 1 unspecified atom stereocenters. The van der Waals surface area contributed by atoms with Gasteiger partial charge in [0.25, 0.3) is 0 Å². The highest BCUT2D eigenvalue weighted by molar-refractivity contribution is 5.96. The molecule has 0 aromatic heterocycles. The minimum absolute atomic E-state index is 0.00854. The molecule has 2 N–H and O–H groups in total. The van der Waals surface area contributed by atoms with Crippen molar-refractivity contribution in [3.63, 3.8) is 0 Å². The van der Waals surface area contributed by atoms with E-state index in [2.05, 4.69) is 15.5 Å². The highest BCUT2D eigenvalue weighted by Crippen LogP contribution is 2.28. The Labute approximate surface area is 149 Å². The van der Waals surface area contributed by atoms with Crippen molar-refractivity contribution in [1.29, 1.82) is 0 Å². The Morgan fingerprint density at radius 1 is 1.20 bits per heavy atom. The first-order valence-electron chi connectivity index (χ1n) is 9.11. The number of amides is 2. The van der Waals surface area contributed by atoms with Crippen LogP contribution in [-0.2, 0) is 9.59 Å². The third kappa shape index (κ3) is 5.19. The number of methoxy groups -OCH3 is 1. The molecular weight excluding hydrogens is 318 g/mol. The number of carbonyl (C=O) groups excluding carboxylic acids is 2. The predicted molar refractivity (Wildman–Crippen MR) is 100 cm³/mol. The lowest BCUT2D eigenvalue weighted by Crippen LogP contribution is -2.42. The fourth-order valence-electron chi connectivity index (χ4n) is 3.20. The first kappa shape index (κ1) is 19.2. The number of ether oxygens (including phenoxy) is 1. The van der Waals surface area contributed by atoms with Crippen LogP contribution < -0.4 is 15.4 Å². The Morgan fingerprint density at radius 2 is 1.92 bits per heavy atom. The van der Waals surface area contributed by atoms with Gasteiger partial charge in [-0.1, -0.05) is 13.8 Å². The maximum atomic E-state index is 12.6. The average Bonchev–Trinajstić information content (AvgIpc) is 3.11. The lowest BCUT2D eigenvalue weighted by Gasteiger charge is -2.25. The lowest BCUT2D eigenvalue weighted by atomic mass is 10.1. The number of benzene rings is 1. The number of rotatable bonds is 8. The summed E-state index contributed by atoms with van der Waals surface area (Å²) in [5, 5.41) is 5.81. The molecule has 1 fully saturated rings. The summed E-state index contributed by atoms with van der Waals surface area (Å²) >= 11 is 0. The molecule has 1 aliphatic rings. The van der Waals surface area contributed by atoms with Gasteiger partial charge in [-0.25, -0.2) is 0 Å². The van der Waals surface area contributed by atoms with Crippen LogP contribution in [0.3, 0.4) is 0 Å². The summed E-state index contributed by atoms with van der Waals surface area (Å²) in [5.74, 6) is 0.503. The Bertz CT molecular complexity index is 598. The molecule has 1 heterocycles. The van der Waals surface area contributed by atoms with Crippen LogP contribution in [0.1, 0.15) is 46.0 Å². The Kier molecular flexibility index (Phi) is 7.25. The average molecular weight is 347 g/mol. The molecule has 1 saturated heterocycles. The van der Waals surface area contributed by atoms with Gasteiger partial charge in [-0.2, -0.15) is 0 Å². The summed E-state index contributed by atoms with van der Waals surface area (Å²) in [6.45, 7) is 5.96. The van der Waals surface area contributed by atoms with Crippen LogP contribution in [0.4, 0.5) is 11.4 Å². The molecule has 1 aliphatic heterocycles. The summed E-state index contributed by atoms with van der Waals surface area (Å²) in [7, 11) is 1.55. The van der Waals surface area contributed by atoms with E-state index >= 15 is 0 Å². The third-order valence-corrected chi connectivity index (χ3v) is 4.49. The summed E-state index contributed by atoms with van der Waals surface area (Å²) < 4.78 is 5.36.